The number of allylic oxidation sites excluding steroid dienone is 1. The van der Waals surface area contributed by atoms with Gasteiger partial charge in [0.2, 0.25) is 5.70 Å². The predicted molar refractivity (Wildman–Crippen MR) is 53.8 cm³/mol. The maximum absolute atomic E-state index is 10.3. The minimum atomic E-state index is -0.527. The lowest BCUT2D eigenvalue weighted by Crippen LogP contribution is -1.93. The number of hydrogen-bond acceptors (Lipinski definition) is 3. The first kappa shape index (κ1) is 10.5. The second-order valence-electron chi connectivity index (χ2n) is 2.75. The SMILES string of the molecule is C/C(=C\c1cc(Cl)ccc1O)[N+](=O)[O-]. The van der Waals surface area contributed by atoms with Crippen molar-refractivity contribution in [2.24, 2.45) is 0 Å². The highest BCUT2D eigenvalue weighted by Crippen LogP contribution is 2.23. The molecule has 0 aliphatic rings. The molecule has 4 nitrogen and oxygen atoms in total. The van der Waals surface area contributed by atoms with Crippen LogP contribution < -0.4 is 0 Å². The molecule has 0 saturated heterocycles. The highest BCUT2D eigenvalue weighted by atomic mass is 35.5. The summed E-state index contributed by atoms with van der Waals surface area (Å²) in [4.78, 5) is 9.80. The fourth-order valence-corrected chi connectivity index (χ4v) is 1.10. The smallest absolute Gasteiger partial charge is 0.243 e. The molecule has 0 amide bonds. The third-order valence-corrected chi connectivity index (χ3v) is 1.88. The molecule has 0 heterocycles. The summed E-state index contributed by atoms with van der Waals surface area (Å²) in [6.45, 7) is 1.35. The van der Waals surface area contributed by atoms with Crippen LogP contribution in [0.1, 0.15) is 12.5 Å². The average Bonchev–Trinajstić information content (AvgIpc) is 2.11. The molecule has 1 aromatic carbocycles. The molecule has 74 valence electrons. The molecule has 0 unspecified atom stereocenters. The molecule has 1 N–H and O–H groups in total. The van der Waals surface area contributed by atoms with Crippen molar-refractivity contribution in [3.8, 4) is 5.75 Å². The van der Waals surface area contributed by atoms with E-state index in [1.165, 1.54) is 31.2 Å². The normalized spacial score (nSPS) is 11.4. The number of nitro groups is 1. The van der Waals surface area contributed by atoms with Gasteiger partial charge in [0, 0.05) is 23.6 Å². The molecule has 0 atom stereocenters. The summed E-state index contributed by atoms with van der Waals surface area (Å²) in [6, 6.07) is 4.36. The first-order chi connectivity index (χ1) is 6.50. The highest BCUT2D eigenvalue weighted by Gasteiger charge is 2.05. The van der Waals surface area contributed by atoms with Crippen molar-refractivity contribution in [1.82, 2.24) is 0 Å². The number of rotatable bonds is 2. The Morgan fingerprint density at radius 3 is 2.86 bits per heavy atom. The first-order valence-corrected chi connectivity index (χ1v) is 4.19. The topological polar surface area (TPSA) is 63.4 Å². The molecule has 1 rings (SSSR count). The quantitative estimate of drug-likeness (QED) is 0.607. The number of nitrogens with zero attached hydrogens (tertiary/aromatic N) is 1. The van der Waals surface area contributed by atoms with Crippen LogP contribution >= 0.6 is 11.6 Å². The van der Waals surface area contributed by atoms with Crippen molar-refractivity contribution in [1.29, 1.82) is 0 Å². The summed E-state index contributed by atoms with van der Waals surface area (Å²) in [5.41, 5.74) is 0.286. The maximum atomic E-state index is 10.3. The fourth-order valence-electron chi connectivity index (χ4n) is 0.919. The lowest BCUT2D eigenvalue weighted by Gasteiger charge is -1.98. The van der Waals surface area contributed by atoms with E-state index in [1.807, 2.05) is 0 Å². The molecule has 0 aliphatic heterocycles. The van der Waals surface area contributed by atoms with Crippen LogP contribution in [-0.4, -0.2) is 10.0 Å². The fraction of sp³-hybridized carbons (Fsp3) is 0.111. The summed E-state index contributed by atoms with van der Waals surface area (Å²) in [6.07, 6.45) is 1.27. The van der Waals surface area contributed by atoms with Gasteiger partial charge in [-0.15, -0.1) is 0 Å². The van der Waals surface area contributed by atoms with Gasteiger partial charge in [-0.3, -0.25) is 10.1 Å². The molecular formula is C9H8ClNO3. The van der Waals surface area contributed by atoms with Gasteiger partial charge < -0.3 is 5.11 Å². The van der Waals surface area contributed by atoms with Gasteiger partial charge in [0.05, 0.1) is 4.92 Å². The number of phenolic OH excluding ortho intramolecular Hbond substituents is 1. The summed E-state index contributed by atoms with van der Waals surface area (Å²) < 4.78 is 0. The van der Waals surface area contributed by atoms with Crippen molar-refractivity contribution in [2.45, 2.75) is 6.92 Å². The van der Waals surface area contributed by atoms with Gasteiger partial charge in [0.15, 0.2) is 0 Å². The first-order valence-electron chi connectivity index (χ1n) is 3.82. The lowest BCUT2D eigenvalue weighted by molar-refractivity contribution is -0.422. The molecule has 14 heavy (non-hydrogen) atoms. The lowest BCUT2D eigenvalue weighted by atomic mass is 10.2. The van der Waals surface area contributed by atoms with Crippen LogP contribution in [0.25, 0.3) is 6.08 Å². The summed E-state index contributed by atoms with van der Waals surface area (Å²) in [7, 11) is 0. The maximum Gasteiger partial charge on any atom is 0.243 e. The zero-order valence-corrected chi connectivity index (χ0v) is 8.15. The van der Waals surface area contributed by atoms with E-state index in [-0.39, 0.29) is 11.4 Å². The van der Waals surface area contributed by atoms with Gasteiger partial charge >= 0.3 is 0 Å². The van der Waals surface area contributed by atoms with Gasteiger partial charge in [0.25, 0.3) is 0 Å². The van der Waals surface area contributed by atoms with E-state index in [4.69, 9.17) is 11.6 Å². The minimum Gasteiger partial charge on any atom is -0.507 e. The van der Waals surface area contributed by atoms with E-state index in [0.29, 0.717) is 10.6 Å². The number of halogens is 1. The molecule has 0 aromatic heterocycles. The van der Waals surface area contributed by atoms with Crippen molar-refractivity contribution in [3.63, 3.8) is 0 Å². The predicted octanol–water partition coefficient (Wildman–Crippen LogP) is 2.68. The zero-order valence-electron chi connectivity index (χ0n) is 7.40. The van der Waals surface area contributed by atoms with E-state index in [2.05, 4.69) is 0 Å². The Morgan fingerprint density at radius 1 is 1.64 bits per heavy atom. The molecule has 1 aromatic rings. The van der Waals surface area contributed by atoms with Crippen molar-refractivity contribution >= 4 is 17.7 Å². The molecule has 0 bridgehead atoms. The second kappa shape index (κ2) is 4.11. The van der Waals surface area contributed by atoms with Crippen LogP contribution in [0.5, 0.6) is 5.75 Å². The van der Waals surface area contributed by atoms with Gasteiger partial charge in [-0.2, -0.15) is 0 Å². The Hall–Kier alpha value is -1.55. The molecule has 0 radical (unpaired) electrons. The Morgan fingerprint density at radius 2 is 2.29 bits per heavy atom. The number of aromatic hydroxyl groups is 1. The Bertz CT molecular complexity index is 401. The van der Waals surface area contributed by atoms with Crippen LogP contribution in [0.15, 0.2) is 23.9 Å². The highest BCUT2D eigenvalue weighted by molar-refractivity contribution is 6.30. The largest absolute Gasteiger partial charge is 0.507 e. The van der Waals surface area contributed by atoms with Crippen LogP contribution in [-0.2, 0) is 0 Å². The van der Waals surface area contributed by atoms with Gasteiger partial charge in [0.1, 0.15) is 5.75 Å². The summed E-state index contributed by atoms with van der Waals surface area (Å²) in [5.74, 6) is -0.0319. The average molecular weight is 214 g/mol. The van der Waals surface area contributed by atoms with Gasteiger partial charge in [-0.1, -0.05) is 11.6 Å². The molecule has 5 heteroatoms. The van der Waals surface area contributed by atoms with E-state index in [0.717, 1.165) is 0 Å². The Kier molecular flexibility index (Phi) is 3.09. The standard InChI is InChI=1S/C9H8ClNO3/c1-6(11(13)14)4-7-5-8(10)2-3-9(7)12/h2-5,12H,1H3/b6-4+. The second-order valence-corrected chi connectivity index (χ2v) is 3.18. The van der Waals surface area contributed by atoms with E-state index in [9.17, 15) is 15.2 Å². The third-order valence-electron chi connectivity index (χ3n) is 1.64. The number of benzene rings is 1. The molecule has 0 spiro atoms. The Balaban J connectivity index is 3.13. The monoisotopic (exact) mass is 213 g/mol. The molecule has 0 fully saturated rings. The molecule has 0 saturated carbocycles. The minimum absolute atomic E-state index is 0.0319. The van der Waals surface area contributed by atoms with Crippen LogP contribution in [0.2, 0.25) is 5.02 Å². The van der Waals surface area contributed by atoms with E-state index < -0.39 is 4.92 Å². The summed E-state index contributed by atoms with van der Waals surface area (Å²) >= 11 is 5.67. The van der Waals surface area contributed by atoms with Crippen LogP contribution in [0.3, 0.4) is 0 Å². The van der Waals surface area contributed by atoms with Crippen LogP contribution in [0, 0.1) is 10.1 Å². The summed E-state index contributed by atoms with van der Waals surface area (Å²) in [5, 5.41) is 20.1. The van der Waals surface area contributed by atoms with Crippen molar-refractivity contribution in [2.75, 3.05) is 0 Å². The van der Waals surface area contributed by atoms with E-state index >= 15 is 0 Å². The Labute approximate surface area is 85.6 Å². The number of hydrogen-bond donors (Lipinski definition) is 1. The number of phenols is 1. The van der Waals surface area contributed by atoms with Gasteiger partial charge in [-0.25, -0.2) is 0 Å². The molecular weight excluding hydrogens is 206 g/mol. The van der Waals surface area contributed by atoms with Crippen LogP contribution in [0.4, 0.5) is 0 Å². The van der Waals surface area contributed by atoms with Gasteiger partial charge in [-0.05, 0) is 18.2 Å². The van der Waals surface area contributed by atoms with Crippen molar-refractivity contribution < 1.29 is 10.0 Å². The van der Waals surface area contributed by atoms with Crippen molar-refractivity contribution in [3.05, 3.63) is 44.6 Å². The third kappa shape index (κ3) is 2.47. The molecule has 0 aliphatic carbocycles. The zero-order chi connectivity index (χ0) is 10.7. The van der Waals surface area contributed by atoms with E-state index in [1.54, 1.807) is 0 Å².